The monoisotopic (exact) mass is 284 g/mol. The van der Waals surface area contributed by atoms with E-state index in [0.717, 1.165) is 39.0 Å². The van der Waals surface area contributed by atoms with Gasteiger partial charge in [-0.2, -0.15) is 0 Å². The molecular formula is C14H24N2O2S. The van der Waals surface area contributed by atoms with Crippen LogP contribution < -0.4 is 10.1 Å². The van der Waals surface area contributed by atoms with Gasteiger partial charge in [-0.1, -0.05) is 13.8 Å². The first-order valence-electron chi connectivity index (χ1n) is 6.84. The molecule has 0 aliphatic rings. The van der Waals surface area contributed by atoms with Crippen LogP contribution in [-0.2, 0) is 0 Å². The molecule has 1 heterocycles. The molecule has 108 valence electrons. The van der Waals surface area contributed by atoms with E-state index in [1.165, 1.54) is 11.3 Å². The van der Waals surface area contributed by atoms with E-state index >= 15 is 0 Å². The normalized spacial score (nSPS) is 10.7. The van der Waals surface area contributed by atoms with Gasteiger partial charge < -0.3 is 15.0 Å². The van der Waals surface area contributed by atoms with Crippen molar-refractivity contribution in [3.63, 3.8) is 0 Å². The third-order valence-corrected chi connectivity index (χ3v) is 4.03. The fraction of sp³-hybridized carbons (Fsp3) is 0.643. The standard InChI is InChI=1S/C14H24N2O2S/c1-4-16(5-2)10-7-6-9-15-14(17)13-12(18-3)8-11-19-13/h8,11H,4-7,9-10H2,1-3H3,(H,15,17). The number of methoxy groups -OCH3 is 1. The number of hydrogen-bond donors (Lipinski definition) is 1. The first-order chi connectivity index (χ1) is 9.22. The molecule has 0 saturated heterocycles. The van der Waals surface area contributed by atoms with Crippen molar-refractivity contribution in [3.05, 3.63) is 16.3 Å². The Hall–Kier alpha value is -1.07. The van der Waals surface area contributed by atoms with Gasteiger partial charge in [0.1, 0.15) is 10.6 Å². The zero-order chi connectivity index (χ0) is 14.1. The average Bonchev–Trinajstić information content (AvgIpc) is 2.91. The zero-order valence-electron chi connectivity index (χ0n) is 12.1. The second kappa shape index (κ2) is 8.93. The molecule has 0 aliphatic heterocycles. The number of carbonyl (C=O) groups is 1. The van der Waals surface area contributed by atoms with Crippen molar-refractivity contribution >= 4 is 17.2 Å². The molecule has 0 spiro atoms. The van der Waals surface area contributed by atoms with Gasteiger partial charge in [-0.25, -0.2) is 0 Å². The summed E-state index contributed by atoms with van der Waals surface area (Å²) in [5.41, 5.74) is 0. The topological polar surface area (TPSA) is 41.6 Å². The number of hydrogen-bond acceptors (Lipinski definition) is 4. The van der Waals surface area contributed by atoms with Crippen LogP contribution in [0.4, 0.5) is 0 Å². The fourth-order valence-electron chi connectivity index (χ4n) is 1.91. The van der Waals surface area contributed by atoms with E-state index in [4.69, 9.17) is 4.74 Å². The lowest BCUT2D eigenvalue weighted by Crippen LogP contribution is -2.27. The van der Waals surface area contributed by atoms with E-state index in [1.807, 2.05) is 11.4 Å². The van der Waals surface area contributed by atoms with E-state index < -0.39 is 0 Å². The third-order valence-electron chi connectivity index (χ3n) is 3.14. The summed E-state index contributed by atoms with van der Waals surface area (Å²) in [4.78, 5) is 15.0. The van der Waals surface area contributed by atoms with Crippen molar-refractivity contribution in [2.45, 2.75) is 26.7 Å². The number of ether oxygens (including phenoxy) is 1. The molecule has 0 bridgehead atoms. The van der Waals surface area contributed by atoms with Gasteiger partial charge in [0, 0.05) is 6.54 Å². The second-order valence-corrected chi connectivity index (χ2v) is 5.22. The number of unbranched alkanes of at least 4 members (excludes halogenated alkanes) is 1. The summed E-state index contributed by atoms with van der Waals surface area (Å²) in [5, 5.41) is 4.81. The lowest BCUT2D eigenvalue weighted by molar-refractivity contribution is 0.0954. The zero-order valence-corrected chi connectivity index (χ0v) is 12.9. The predicted octanol–water partition coefficient (Wildman–Crippen LogP) is 2.61. The summed E-state index contributed by atoms with van der Waals surface area (Å²) >= 11 is 1.41. The minimum Gasteiger partial charge on any atom is -0.495 e. The molecule has 1 amide bonds. The summed E-state index contributed by atoms with van der Waals surface area (Å²) in [6.07, 6.45) is 2.12. The molecular weight excluding hydrogens is 260 g/mol. The minimum absolute atomic E-state index is 0.0327. The molecule has 1 N–H and O–H groups in total. The maximum absolute atomic E-state index is 11.9. The molecule has 4 nitrogen and oxygen atoms in total. The Bertz CT molecular complexity index is 375. The van der Waals surface area contributed by atoms with Gasteiger partial charge in [0.15, 0.2) is 0 Å². The molecule has 0 radical (unpaired) electrons. The summed E-state index contributed by atoms with van der Waals surface area (Å²) in [6, 6.07) is 1.82. The molecule has 0 atom stereocenters. The van der Waals surface area contributed by atoms with Crippen molar-refractivity contribution in [3.8, 4) is 5.75 Å². The first kappa shape index (κ1) is 16.0. The molecule has 0 unspecified atom stereocenters. The van der Waals surface area contributed by atoms with Gasteiger partial charge >= 0.3 is 0 Å². The highest BCUT2D eigenvalue weighted by Gasteiger charge is 2.12. The molecule has 0 aromatic carbocycles. The van der Waals surface area contributed by atoms with Crippen LogP contribution in [0, 0.1) is 0 Å². The van der Waals surface area contributed by atoms with Crippen molar-refractivity contribution < 1.29 is 9.53 Å². The Morgan fingerprint density at radius 1 is 1.37 bits per heavy atom. The highest BCUT2D eigenvalue weighted by Crippen LogP contribution is 2.23. The van der Waals surface area contributed by atoms with Crippen LogP contribution in [0.2, 0.25) is 0 Å². The van der Waals surface area contributed by atoms with E-state index in [2.05, 4.69) is 24.1 Å². The van der Waals surface area contributed by atoms with Crippen molar-refractivity contribution in [1.82, 2.24) is 10.2 Å². The molecule has 0 saturated carbocycles. The Morgan fingerprint density at radius 2 is 2.11 bits per heavy atom. The molecule has 0 aliphatic carbocycles. The largest absolute Gasteiger partial charge is 0.495 e. The van der Waals surface area contributed by atoms with Crippen LogP contribution in [-0.4, -0.2) is 44.1 Å². The van der Waals surface area contributed by atoms with Gasteiger partial charge in [-0.15, -0.1) is 11.3 Å². The molecule has 19 heavy (non-hydrogen) atoms. The third kappa shape index (κ3) is 5.20. The fourth-order valence-corrected chi connectivity index (χ4v) is 2.68. The highest BCUT2D eigenvalue weighted by atomic mass is 32.1. The van der Waals surface area contributed by atoms with Crippen LogP contribution in [0.25, 0.3) is 0 Å². The number of amides is 1. The van der Waals surface area contributed by atoms with E-state index in [9.17, 15) is 4.79 Å². The molecule has 0 fully saturated rings. The Kier molecular flexibility index (Phi) is 7.52. The predicted molar refractivity (Wildman–Crippen MR) is 80.2 cm³/mol. The number of carbonyl (C=O) groups excluding carboxylic acids is 1. The van der Waals surface area contributed by atoms with Crippen LogP contribution >= 0.6 is 11.3 Å². The van der Waals surface area contributed by atoms with Crippen LogP contribution in [0.5, 0.6) is 5.75 Å². The van der Waals surface area contributed by atoms with Crippen molar-refractivity contribution in [2.24, 2.45) is 0 Å². The van der Waals surface area contributed by atoms with Gasteiger partial charge in [-0.05, 0) is 43.9 Å². The molecule has 1 rings (SSSR count). The van der Waals surface area contributed by atoms with Crippen molar-refractivity contribution in [2.75, 3.05) is 33.3 Å². The summed E-state index contributed by atoms with van der Waals surface area (Å²) in [5.74, 6) is 0.625. The highest BCUT2D eigenvalue weighted by molar-refractivity contribution is 7.12. The summed E-state index contributed by atoms with van der Waals surface area (Å²) in [7, 11) is 1.59. The quantitative estimate of drug-likeness (QED) is 0.709. The number of nitrogens with one attached hydrogen (secondary N) is 1. The Labute approximate surface area is 119 Å². The summed E-state index contributed by atoms with van der Waals surface area (Å²) < 4.78 is 5.14. The lowest BCUT2D eigenvalue weighted by Gasteiger charge is -2.17. The van der Waals surface area contributed by atoms with Gasteiger partial charge in [-0.3, -0.25) is 4.79 Å². The van der Waals surface area contributed by atoms with E-state index in [-0.39, 0.29) is 5.91 Å². The Balaban J connectivity index is 2.21. The molecule has 1 aromatic heterocycles. The average molecular weight is 284 g/mol. The van der Waals surface area contributed by atoms with Gasteiger partial charge in [0.2, 0.25) is 0 Å². The molecule has 1 aromatic rings. The maximum atomic E-state index is 11.9. The SMILES string of the molecule is CCN(CC)CCCCNC(=O)c1sccc1OC. The number of nitrogens with zero attached hydrogens (tertiary/aromatic N) is 1. The number of rotatable bonds is 9. The van der Waals surface area contributed by atoms with Gasteiger partial charge in [0.25, 0.3) is 5.91 Å². The lowest BCUT2D eigenvalue weighted by atomic mass is 10.3. The first-order valence-corrected chi connectivity index (χ1v) is 7.72. The second-order valence-electron chi connectivity index (χ2n) is 4.31. The maximum Gasteiger partial charge on any atom is 0.265 e. The molecule has 5 heteroatoms. The minimum atomic E-state index is -0.0327. The van der Waals surface area contributed by atoms with Crippen LogP contribution in [0.3, 0.4) is 0 Å². The van der Waals surface area contributed by atoms with E-state index in [1.54, 1.807) is 7.11 Å². The van der Waals surface area contributed by atoms with Gasteiger partial charge in [0.05, 0.1) is 7.11 Å². The Morgan fingerprint density at radius 3 is 2.74 bits per heavy atom. The van der Waals surface area contributed by atoms with E-state index in [0.29, 0.717) is 10.6 Å². The summed E-state index contributed by atoms with van der Waals surface area (Å²) in [6.45, 7) is 8.36. The van der Waals surface area contributed by atoms with Crippen molar-refractivity contribution in [1.29, 1.82) is 0 Å². The van der Waals surface area contributed by atoms with Crippen LogP contribution in [0.1, 0.15) is 36.4 Å². The van der Waals surface area contributed by atoms with Crippen LogP contribution in [0.15, 0.2) is 11.4 Å². The number of thiophene rings is 1. The smallest absolute Gasteiger partial charge is 0.265 e.